The second-order valence-corrected chi connectivity index (χ2v) is 6.61. The van der Waals surface area contributed by atoms with Crippen LogP contribution in [0.3, 0.4) is 0 Å². The predicted molar refractivity (Wildman–Crippen MR) is 101 cm³/mol. The predicted octanol–water partition coefficient (Wildman–Crippen LogP) is 3.58. The summed E-state index contributed by atoms with van der Waals surface area (Å²) < 4.78 is 4.00. The van der Waals surface area contributed by atoms with Gasteiger partial charge in [-0.1, -0.05) is 29.8 Å². The zero-order chi connectivity index (χ0) is 17.6. The fourth-order valence-corrected chi connectivity index (χ4v) is 3.14. The number of aromatic nitrogens is 4. The summed E-state index contributed by atoms with van der Waals surface area (Å²) in [4.78, 5) is 0. The van der Waals surface area contributed by atoms with Crippen molar-refractivity contribution in [1.29, 1.82) is 0 Å². The van der Waals surface area contributed by atoms with Gasteiger partial charge in [0.25, 0.3) is 0 Å². The van der Waals surface area contributed by atoms with Crippen LogP contribution in [0.4, 0.5) is 0 Å². The van der Waals surface area contributed by atoms with Crippen molar-refractivity contribution in [2.24, 2.45) is 0 Å². The van der Waals surface area contributed by atoms with Crippen molar-refractivity contribution >= 4 is 11.6 Å². The van der Waals surface area contributed by atoms with Gasteiger partial charge in [0.05, 0.1) is 12.2 Å². The van der Waals surface area contributed by atoms with E-state index in [0.29, 0.717) is 6.54 Å². The van der Waals surface area contributed by atoms with Crippen LogP contribution in [0.25, 0.3) is 0 Å². The number of hydrogen-bond acceptors (Lipinski definition) is 3. The maximum Gasteiger partial charge on any atom is 0.0677 e. The Kier molecular flexibility index (Phi) is 5.89. The third kappa shape index (κ3) is 4.50. The van der Waals surface area contributed by atoms with Gasteiger partial charge < -0.3 is 5.32 Å². The molecule has 0 saturated heterocycles. The van der Waals surface area contributed by atoms with Crippen molar-refractivity contribution < 1.29 is 0 Å². The molecule has 0 fully saturated rings. The Morgan fingerprint density at radius 2 is 2.00 bits per heavy atom. The molecule has 0 unspecified atom stereocenters. The molecular formula is C19H24ClN5. The number of rotatable bonds is 8. The van der Waals surface area contributed by atoms with E-state index in [-0.39, 0.29) is 0 Å². The van der Waals surface area contributed by atoms with Gasteiger partial charge in [-0.05, 0) is 44.5 Å². The van der Waals surface area contributed by atoms with Crippen LogP contribution in [-0.2, 0) is 19.6 Å². The zero-order valence-corrected chi connectivity index (χ0v) is 15.5. The minimum Gasteiger partial charge on any atom is -0.312 e. The standard InChI is InChI=1S/C19H24ClN5/c1-15-18(13-21-9-5-11-24-12-6-10-22-24)16(2)25(23-15)14-17-7-3-4-8-19(17)20/h3-4,6-8,10,12,21H,5,9,11,13-14H2,1-2H3. The van der Waals surface area contributed by atoms with Crippen LogP contribution >= 0.6 is 11.6 Å². The Morgan fingerprint density at radius 1 is 1.16 bits per heavy atom. The zero-order valence-electron chi connectivity index (χ0n) is 14.7. The molecule has 3 aromatic rings. The van der Waals surface area contributed by atoms with Crippen molar-refractivity contribution in [3.63, 3.8) is 0 Å². The van der Waals surface area contributed by atoms with Crippen LogP contribution in [-0.4, -0.2) is 26.1 Å². The van der Waals surface area contributed by atoms with Gasteiger partial charge in [0.2, 0.25) is 0 Å². The highest BCUT2D eigenvalue weighted by Crippen LogP contribution is 2.19. The van der Waals surface area contributed by atoms with Gasteiger partial charge >= 0.3 is 0 Å². The first-order valence-corrected chi connectivity index (χ1v) is 8.97. The Bertz CT molecular complexity index is 807. The van der Waals surface area contributed by atoms with Crippen LogP contribution in [0.2, 0.25) is 5.02 Å². The average molecular weight is 358 g/mol. The highest BCUT2D eigenvalue weighted by atomic mass is 35.5. The maximum absolute atomic E-state index is 6.27. The highest BCUT2D eigenvalue weighted by molar-refractivity contribution is 6.31. The molecule has 0 bridgehead atoms. The molecule has 0 aliphatic heterocycles. The monoisotopic (exact) mass is 357 g/mol. The summed E-state index contributed by atoms with van der Waals surface area (Å²) in [5, 5.41) is 13.2. The first kappa shape index (κ1) is 17.7. The third-order valence-electron chi connectivity index (χ3n) is 4.41. The summed E-state index contributed by atoms with van der Waals surface area (Å²) in [6, 6.07) is 9.88. The fourth-order valence-electron chi connectivity index (χ4n) is 2.94. The minimum absolute atomic E-state index is 0.700. The molecule has 132 valence electrons. The number of nitrogens with zero attached hydrogens (tertiary/aromatic N) is 4. The number of hydrogen-bond donors (Lipinski definition) is 1. The van der Waals surface area contributed by atoms with Gasteiger partial charge in [0, 0.05) is 41.8 Å². The Balaban J connectivity index is 1.55. The summed E-state index contributed by atoms with van der Waals surface area (Å²) >= 11 is 6.27. The van der Waals surface area contributed by atoms with Gasteiger partial charge in [-0.15, -0.1) is 0 Å². The second kappa shape index (κ2) is 8.32. The van der Waals surface area contributed by atoms with Gasteiger partial charge in [-0.2, -0.15) is 10.2 Å². The lowest BCUT2D eigenvalue weighted by Crippen LogP contribution is -2.17. The van der Waals surface area contributed by atoms with E-state index in [9.17, 15) is 0 Å². The molecule has 0 aliphatic carbocycles. The van der Waals surface area contributed by atoms with Crippen LogP contribution in [0.5, 0.6) is 0 Å². The van der Waals surface area contributed by atoms with E-state index in [0.717, 1.165) is 42.3 Å². The lowest BCUT2D eigenvalue weighted by molar-refractivity contribution is 0.542. The molecule has 0 atom stereocenters. The van der Waals surface area contributed by atoms with Crippen molar-refractivity contribution in [1.82, 2.24) is 24.9 Å². The van der Waals surface area contributed by atoms with Gasteiger partial charge in [0.15, 0.2) is 0 Å². The van der Waals surface area contributed by atoms with Crippen LogP contribution < -0.4 is 5.32 Å². The summed E-state index contributed by atoms with van der Waals surface area (Å²) in [6.45, 7) is 7.61. The first-order chi connectivity index (χ1) is 12.1. The van der Waals surface area contributed by atoms with Crippen molar-refractivity contribution in [2.75, 3.05) is 6.54 Å². The van der Waals surface area contributed by atoms with Gasteiger partial charge in [-0.3, -0.25) is 9.36 Å². The third-order valence-corrected chi connectivity index (χ3v) is 4.78. The molecule has 0 saturated carbocycles. The number of halogens is 1. The minimum atomic E-state index is 0.700. The summed E-state index contributed by atoms with van der Waals surface area (Å²) in [5.41, 5.74) is 4.63. The molecule has 1 N–H and O–H groups in total. The molecule has 25 heavy (non-hydrogen) atoms. The number of benzene rings is 1. The molecule has 2 aromatic heterocycles. The van der Waals surface area contributed by atoms with E-state index in [1.807, 2.05) is 52.1 Å². The molecule has 0 radical (unpaired) electrons. The van der Waals surface area contributed by atoms with Crippen LogP contribution in [0, 0.1) is 13.8 Å². The average Bonchev–Trinajstić information content (AvgIpc) is 3.20. The van der Waals surface area contributed by atoms with Crippen LogP contribution in [0.1, 0.15) is 28.9 Å². The Hall–Kier alpha value is -2.11. The highest BCUT2D eigenvalue weighted by Gasteiger charge is 2.12. The van der Waals surface area contributed by atoms with Gasteiger partial charge in [-0.25, -0.2) is 0 Å². The van der Waals surface area contributed by atoms with Crippen molar-refractivity contribution in [3.8, 4) is 0 Å². The molecule has 6 heteroatoms. The topological polar surface area (TPSA) is 47.7 Å². The quantitative estimate of drug-likeness (QED) is 0.627. The molecule has 5 nitrogen and oxygen atoms in total. The molecular weight excluding hydrogens is 334 g/mol. The lowest BCUT2D eigenvalue weighted by atomic mass is 10.2. The summed E-state index contributed by atoms with van der Waals surface area (Å²) in [7, 11) is 0. The molecule has 2 heterocycles. The molecule has 3 rings (SSSR count). The van der Waals surface area contributed by atoms with E-state index < -0.39 is 0 Å². The van der Waals surface area contributed by atoms with E-state index >= 15 is 0 Å². The summed E-state index contributed by atoms with van der Waals surface area (Å²) in [6.07, 6.45) is 4.86. The van der Waals surface area contributed by atoms with Crippen molar-refractivity contribution in [2.45, 2.75) is 39.9 Å². The largest absolute Gasteiger partial charge is 0.312 e. The van der Waals surface area contributed by atoms with E-state index in [4.69, 9.17) is 16.7 Å². The van der Waals surface area contributed by atoms with Crippen LogP contribution in [0.15, 0.2) is 42.7 Å². The Morgan fingerprint density at radius 3 is 2.76 bits per heavy atom. The van der Waals surface area contributed by atoms with E-state index in [1.54, 1.807) is 0 Å². The maximum atomic E-state index is 6.27. The van der Waals surface area contributed by atoms with E-state index in [1.165, 1.54) is 11.3 Å². The van der Waals surface area contributed by atoms with Crippen molar-refractivity contribution in [3.05, 3.63) is 70.3 Å². The molecule has 0 spiro atoms. The fraction of sp³-hybridized carbons (Fsp3) is 0.368. The lowest BCUT2D eigenvalue weighted by Gasteiger charge is -2.08. The Labute approximate surface area is 153 Å². The smallest absolute Gasteiger partial charge is 0.0677 e. The first-order valence-electron chi connectivity index (χ1n) is 8.59. The molecule has 0 aliphatic rings. The van der Waals surface area contributed by atoms with Gasteiger partial charge in [0.1, 0.15) is 0 Å². The normalized spacial score (nSPS) is 11.2. The number of nitrogens with one attached hydrogen (secondary N) is 1. The molecule has 1 aromatic carbocycles. The SMILES string of the molecule is Cc1nn(Cc2ccccc2Cl)c(C)c1CNCCCn1cccn1. The number of aryl methyl sites for hydroxylation is 2. The summed E-state index contributed by atoms with van der Waals surface area (Å²) in [5.74, 6) is 0. The molecule has 0 amide bonds. The van der Waals surface area contributed by atoms with E-state index in [2.05, 4.69) is 24.3 Å². The second-order valence-electron chi connectivity index (χ2n) is 6.20.